The lowest BCUT2D eigenvalue weighted by molar-refractivity contribution is 0.400. The van der Waals surface area contributed by atoms with E-state index in [2.05, 4.69) is 10.2 Å². The van der Waals surface area contributed by atoms with Gasteiger partial charge in [0.05, 0.1) is 19.1 Å². The summed E-state index contributed by atoms with van der Waals surface area (Å²) in [6, 6.07) is 8.83. The van der Waals surface area contributed by atoms with E-state index in [1.165, 1.54) is 16.1 Å². The van der Waals surface area contributed by atoms with Crippen molar-refractivity contribution >= 4 is 27.4 Å². The average Bonchev–Trinajstić information content (AvgIpc) is 3.15. The summed E-state index contributed by atoms with van der Waals surface area (Å²) in [7, 11) is -0.331. The summed E-state index contributed by atoms with van der Waals surface area (Å²) in [5.74, 6) is 2.05. The SMILES string of the molecule is CCN(CC)S(=O)(=O)c1ccc2nnc(SCc3cc(OC)ccc3OC)n2c1. The molecule has 0 unspecified atom stereocenters. The van der Waals surface area contributed by atoms with Crippen LogP contribution in [0.5, 0.6) is 11.5 Å². The minimum absolute atomic E-state index is 0.217. The molecule has 0 radical (unpaired) electrons. The number of methoxy groups -OCH3 is 2. The van der Waals surface area contributed by atoms with Crippen molar-refractivity contribution in [2.24, 2.45) is 0 Å². The molecule has 0 fully saturated rings. The topological polar surface area (TPSA) is 86.0 Å². The molecule has 0 aliphatic carbocycles. The van der Waals surface area contributed by atoms with Crippen molar-refractivity contribution in [3.63, 3.8) is 0 Å². The molecule has 0 aliphatic rings. The molecule has 8 nitrogen and oxygen atoms in total. The molecular weight excluding hydrogens is 412 g/mol. The lowest BCUT2D eigenvalue weighted by atomic mass is 10.2. The molecule has 0 atom stereocenters. The van der Waals surface area contributed by atoms with Crippen LogP contribution < -0.4 is 9.47 Å². The number of fused-ring (bicyclic) bond motifs is 1. The monoisotopic (exact) mass is 436 g/mol. The van der Waals surface area contributed by atoms with E-state index in [0.29, 0.717) is 29.6 Å². The van der Waals surface area contributed by atoms with Crippen molar-refractivity contribution in [2.75, 3.05) is 27.3 Å². The Morgan fingerprint density at radius 3 is 2.48 bits per heavy atom. The Morgan fingerprint density at radius 2 is 1.83 bits per heavy atom. The first kappa shape index (κ1) is 21.4. The van der Waals surface area contributed by atoms with Crippen LogP contribution in [0.1, 0.15) is 19.4 Å². The van der Waals surface area contributed by atoms with Gasteiger partial charge in [-0.2, -0.15) is 4.31 Å². The Bertz CT molecular complexity index is 1090. The molecule has 3 aromatic rings. The number of rotatable bonds is 9. The fourth-order valence-electron chi connectivity index (χ4n) is 2.95. The summed E-state index contributed by atoms with van der Waals surface area (Å²) in [5.41, 5.74) is 1.53. The molecule has 0 saturated heterocycles. The van der Waals surface area contributed by atoms with Gasteiger partial charge in [0.25, 0.3) is 0 Å². The third-order valence-corrected chi connectivity index (χ3v) is 7.56. The number of hydrogen-bond donors (Lipinski definition) is 0. The summed E-state index contributed by atoms with van der Waals surface area (Å²) >= 11 is 1.44. The smallest absolute Gasteiger partial charge is 0.244 e. The summed E-state index contributed by atoms with van der Waals surface area (Å²) in [5, 5.41) is 8.95. The summed E-state index contributed by atoms with van der Waals surface area (Å²) in [4.78, 5) is 0.217. The standard InChI is InChI=1S/C19H24N4O4S2/c1-5-22(6-2)29(24,25)16-8-10-18-20-21-19(23(18)12-16)28-13-14-11-15(26-3)7-9-17(14)27-4/h7-12H,5-6,13H2,1-4H3. The molecule has 0 aliphatic heterocycles. The maximum Gasteiger partial charge on any atom is 0.244 e. The Morgan fingerprint density at radius 1 is 1.07 bits per heavy atom. The molecule has 156 valence electrons. The van der Waals surface area contributed by atoms with Crippen LogP contribution in [0.25, 0.3) is 5.65 Å². The second kappa shape index (κ2) is 9.02. The van der Waals surface area contributed by atoms with E-state index in [-0.39, 0.29) is 4.90 Å². The van der Waals surface area contributed by atoms with Crippen molar-refractivity contribution in [2.45, 2.75) is 29.7 Å². The van der Waals surface area contributed by atoms with E-state index < -0.39 is 10.0 Å². The van der Waals surface area contributed by atoms with Gasteiger partial charge in [-0.3, -0.25) is 4.40 Å². The molecule has 3 rings (SSSR count). The Kier molecular flexibility index (Phi) is 6.66. The van der Waals surface area contributed by atoms with E-state index in [4.69, 9.17) is 9.47 Å². The van der Waals surface area contributed by atoms with E-state index in [0.717, 1.165) is 17.1 Å². The first-order valence-corrected chi connectivity index (χ1v) is 11.6. The third-order valence-electron chi connectivity index (χ3n) is 4.53. The van der Waals surface area contributed by atoms with Gasteiger partial charge in [0.1, 0.15) is 11.5 Å². The highest BCUT2D eigenvalue weighted by molar-refractivity contribution is 7.98. The number of thioether (sulfide) groups is 1. The molecule has 0 N–H and O–H groups in total. The van der Waals surface area contributed by atoms with Crippen LogP contribution >= 0.6 is 11.8 Å². The van der Waals surface area contributed by atoms with Gasteiger partial charge in [-0.05, 0) is 30.3 Å². The summed E-state index contributed by atoms with van der Waals surface area (Å²) in [6.45, 7) is 4.47. The highest BCUT2D eigenvalue weighted by Gasteiger charge is 2.23. The maximum atomic E-state index is 12.8. The highest BCUT2D eigenvalue weighted by Crippen LogP contribution is 2.30. The lowest BCUT2D eigenvalue weighted by Gasteiger charge is -2.18. The molecule has 0 spiro atoms. The number of sulfonamides is 1. The van der Waals surface area contributed by atoms with Gasteiger partial charge in [0.2, 0.25) is 10.0 Å². The fraction of sp³-hybridized carbons (Fsp3) is 0.368. The van der Waals surface area contributed by atoms with E-state index in [1.807, 2.05) is 32.0 Å². The molecule has 0 saturated carbocycles. The van der Waals surface area contributed by atoms with Crippen LogP contribution in [-0.2, 0) is 15.8 Å². The van der Waals surface area contributed by atoms with E-state index in [1.54, 1.807) is 36.9 Å². The van der Waals surface area contributed by atoms with Gasteiger partial charge in [0.15, 0.2) is 10.8 Å². The van der Waals surface area contributed by atoms with Crippen molar-refractivity contribution in [3.05, 3.63) is 42.1 Å². The lowest BCUT2D eigenvalue weighted by Crippen LogP contribution is -2.30. The van der Waals surface area contributed by atoms with Crippen molar-refractivity contribution in [1.29, 1.82) is 0 Å². The third kappa shape index (κ3) is 4.34. The number of aromatic nitrogens is 3. The van der Waals surface area contributed by atoms with Gasteiger partial charge in [-0.15, -0.1) is 10.2 Å². The van der Waals surface area contributed by atoms with Crippen LogP contribution in [0.2, 0.25) is 0 Å². The van der Waals surface area contributed by atoms with Crippen molar-refractivity contribution in [1.82, 2.24) is 18.9 Å². The molecule has 2 aromatic heterocycles. The summed E-state index contributed by atoms with van der Waals surface area (Å²) < 4.78 is 39.5. The van der Waals surface area contributed by atoms with Crippen LogP contribution in [0.15, 0.2) is 46.6 Å². The molecule has 10 heteroatoms. The molecule has 0 bridgehead atoms. The Hall–Kier alpha value is -2.30. The zero-order valence-electron chi connectivity index (χ0n) is 16.8. The Balaban J connectivity index is 1.92. The zero-order valence-corrected chi connectivity index (χ0v) is 18.5. The van der Waals surface area contributed by atoms with Crippen LogP contribution in [0.4, 0.5) is 0 Å². The molecule has 29 heavy (non-hydrogen) atoms. The number of hydrogen-bond acceptors (Lipinski definition) is 7. The predicted molar refractivity (Wildman–Crippen MR) is 112 cm³/mol. The number of benzene rings is 1. The molecule has 1 aromatic carbocycles. The van der Waals surface area contributed by atoms with Crippen LogP contribution in [0.3, 0.4) is 0 Å². The first-order chi connectivity index (χ1) is 13.9. The van der Waals surface area contributed by atoms with Crippen LogP contribution in [-0.4, -0.2) is 54.6 Å². The van der Waals surface area contributed by atoms with Crippen molar-refractivity contribution < 1.29 is 17.9 Å². The van der Waals surface area contributed by atoms with Gasteiger partial charge in [0, 0.05) is 30.6 Å². The zero-order chi connectivity index (χ0) is 21.0. The molecule has 2 heterocycles. The number of nitrogens with zero attached hydrogens (tertiary/aromatic N) is 4. The Labute approximate surface area is 174 Å². The molecular formula is C19H24N4O4S2. The largest absolute Gasteiger partial charge is 0.497 e. The average molecular weight is 437 g/mol. The van der Waals surface area contributed by atoms with Gasteiger partial charge < -0.3 is 9.47 Å². The van der Waals surface area contributed by atoms with E-state index in [9.17, 15) is 8.42 Å². The first-order valence-electron chi connectivity index (χ1n) is 9.13. The predicted octanol–water partition coefficient (Wildman–Crippen LogP) is 3.07. The van der Waals surface area contributed by atoms with Gasteiger partial charge in [-0.25, -0.2) is 8.42 Å². The second-order valence-corrected chi connectivity index (χ2v) is 9.01. The van der Waals surface area contributed by atoms with E-state index >= 15 is 0 Å². The van der Waals surface area contributed by atoms with Gasteiger partial charge in [-0.1, -0.05) is 25.6 Å². The highest BCUT2D eigenvalue weighted by atomic mass is 32.2. The maximum absolute atomic E-state index is 12.8. The van der Waals surface area contributed by atoms with Gasteiger partial charge >= 0.3 is 0 Å². The quantitative estimate of drug-likeness (QED) is 0.477. The van der Waals surface area contributed by atoms with Crippen LogP contribution in [0, 0.1) is 0 Å². The minimum atomic E-state index is -3.56. The molecule has 0 amide bonds. The second-order valence-electron chi connectivity index (χ2n) is 6.13. The number of ether oxygens (including phenoxy) is 2. The number of pyridine rings is 1. The summed E-state index contributed by atoms with van der Waals surface area (Å²) in [6.07, 6.45) is 1.58. The fourth-order valence-corrected chi connectivity index (χ4v) is 5.30. The van der Waals surface area contributed by atoms with Crippen molar-refractivity contribution in [3.8, 4) is 11.5 Å². The minimum Gasteiger partial charge on any atom is -0.497 e. The normalized spacial score (nSPS) is 11.9.